The highest BCUT2D eigenvalue weighted by molar-refractivity contribution is 9.10. The Balaban J connectivity index is 2.08. The lowest BCUT2D eigenvalue weighted by Gasteiger charge is -2.21. The van der Waals surface area contributed by atoms with E-state index in [0.29, 0.717) is 29.4 Å². The molecule has 0 bridgehead atoms. The van der Waals surface area contributed by atoms with Crippen molar-refractivity contribution in [2.24, 2.45) is 0 Å². The fourth-order valence-electron chi connectivity index (χ4n) is 2.25. The summed E-state index contributed by atoms with van der Waals surface area (Å²) < 4.78 is 13.4. The highest BCUT2D eigenvalue weighted by atomic mass is 79.9. The summed E-state index contributed by atoms with van der Waals surface area (Å²) >= 11 is 3.06. The quantitative estimate of drug-likeness (QED) is 0.924. The topological polar surface area (TPSA) is 57.6 Å². The molecule has 1 fully saturated rings. The van der Waals surface area contributed by atoms with Gasteiger partial charge >= 0.3 is 5.97 Å². The number of likely N-dealkylation sites (tertiary alicyclic amines) is 1. The molecular formula is C13H13BrFNO3. The fraction of sp³-hybridized carbons (Fsp3) is 0.385. The van der Waals surface area contributed by atoms with E-state index in [-0.39, 0.29) is 18.1 Å². The maximum absolute atomic E-state index is 13.1. The van der Waals surface area contributed by atoms with Crippen molar-refractivity contribution in [2.45, 2.75) is 25.3 Å². The van der Waals surface area contributed by atoms with Crippen LogP contribution >= 0.6 is 15.9 Å². The number of carboxylic acid groups (broad SMARTS) is 1. The van der Waals surface area contributed by atoms with Gasteiger partial charge < -0.3 is 10.0 Å². The van der Waals surface area contributed by atoms with Crippen LogP contribution in [0.25, 0.3) is 0 Å². The zero-order chi connectivity index (χ0) is 14.0. The molecule has 1 heterocycles. The van der Waals surface area contributed by atoms with Crippen LogP contribution in [0.4, 0.5) is 4.39 Å². The van der Waals surface area contributed by atoms with Crippen molar-refractivity contribution in [1.29, 1.82) is 0 Å². The summed E-state index contributed by atoms with van der Waals surface area (Å²) in [5.74, 6) is -1.59. The summed E-state index contributed by atoms with van der Waals surface area (Å²) in [5.41, 5.74) is 0.661. The van der Waals surface area contributed by atoms with Crippen LogP contribution in [0.1, 0.15) is 18.4 Å². The number of amides is 1. The van der Waals surface area contributed by atoms with E-state index in [1.165, 1.54) is 17.0 Å². The fourth-order valence-corrected chi connectivity index (χ4v) is 2.67. The normalized spacial score (nSPS) is 18.6. The highest BCUT2D eigenvalue weighted by Crippen LogP contribution is 2.21. The lowest BCUT2D eigenvalue weighted by molar-refractivity contribution is -0.148. The molecule has 2 rings (SSSR count). The van der Waals surface area contributed by atoms with Gasteiger partial charge in [-0.1, -0.05) is 6.07 Å². The molecule has 0 aliphatic carbocycles. The minimum atomic E-state index is -0.967. The van der Waals surface area contributed by atoms with Gasteiger partial charge in [-0.25, -0.2) is 9.18 Å². The first kappa shape index (κ1) is 14.0. The third-order valence-electron chi connectivity index (χ3n) is 3.20. The van der Waals surface area contributed by atoms with Crippen molar-refractivity contribution < 1.29 is 19.1 Å². The third kappa shape index (κ3) is 3.12. The molecular weight excluding hydrogens is 317 g/mol. The van der Waals surface area contributed by atoms with Gasteiger partial charge in [0.25, 0.3) is 0 Å². The molecule has 6 heteroatoms. The number of carbonyl (C=O) groups is 2. The first-order chi connectivity index (χ1) is 8.99. The molecule has 1 atom stereocenters. The maximum atomic E-state index is 13.1. The van der Waals surface area contributed by atoms with Crippen molar-refractivity contribution in [3.63, 3.8) is 0 Å². The standard InChI is InChI=1S/C13H13BrFNO3/c14-9-6-8(3-4-10(9)15)7-12(17)16-5-1-2-11(16)13(18)19/h3-4,6,11H,1-2,5,7H2,(H,18,19)/t11-/m1/s1. The van der Waals surface area contributed by atoms with Gasteiger partial charge in [0.2, 0.25) is 5.91 Å². The predicted molar refractivity (Wildman–Crippen MR) is 70.2 cm³/mol. The maximum Gasteiger partial charge on any atom is 0.326 e. The minimum absolute atomic E-state index is 0.0860. The molecule has 1 aliphatic heterocycles. The van der Waals surface area contributed by atoms with Crippen LogP contribution in [-0.2, 0) is 16.0 Å². The molecule has 0 radical (unpaired) electrons. The number of rotatable bonds is 3. The molecule has 19 heavy (non-hydrogen) atoms. The van der Waals surface area contributed by atoms with Crippen LogP contribution < -0.4 is 0 Å². The molecule has 0 saturated carbocycles. The largest absolute Gasteiger partial charge is 0.480 e. The number of halogens is 2. The van der Waals surface area contributed by atoms with Crippen LogP contribution in [0.5, 0.6) is 0 Å². The lowest BCUT2D eigenvalue weighted by Crippen LogP contribution is -2.41. The van der Waals surface area contributed by atoms with Crippen molar-refractivity contribution in [2.75, 3.05) is 6.54 Å². The Hall–Kier alpha value is -1.43. The minimum Gasteiger partial charge on any atom is -0.480 e. The van der Waals surface area contributed by atoms with Crippen LogP contribution in [0.15, 0.2) is 22.7 Å². The van der Waals surface area contributed by atoms with Crippen LogP contribution in [-0.4, -0.2) is 34.5 Å². The van der Waals surface area contributed by atoms with Gasteiger partial charge in [0, 0.05) is 6.54 Å². The van der Waals surface area contributed by atoms with Crippen LogP contribution in [0, 0.1) is 5.82 Å². The molecule has 1 aromatic rings. The first-order valence-corrected chi connectivity index (χ1v) is 6.74. The molecule has 1 aromatic carbocycles. The van der Waals surface area contributed by atoms with Gasteiger partial charge in [-0.2, -0.15) is 0 Å². The monoisotopic (exact) mass is 329 g/mol. The number of nitrogens with zero attached hydrogens (tertiary/aromatic N) is 1. The van der Waals surface area contributed by atoms with Gasteiger partial charge in [0.15, 0.2) is 0 Å². The van der Waals surface area contributed by atoms with Gasteiger partial charge in [0.05, 0.1) is 10.9 Å². The third-order valence-corrected chi connectivity index (χ3v) is 3.81. The molecule has 0 spiro atoms. The molecule has 1 N–H and O–H groups in total. The SMILES string of the molecule is O=C(O)[C@H]1CCCN1C(=O)Cc1ccc(F)c(Br)c1. The molecule has 102 valence electrons. The van der Waals surface area contributed by atoms with Gasteiger partial charge in [0.1, 0.15) is 11.9 Å². The van der Waals surface area contributed by atoms with Gasteiger partial charge in [-0.3, -0.25) is 4.79 Å². The lowest BCUT2D eigenvalue weighted by atomic mass is 10.1. The Bertz CT molecular complexity index is 521. The summed E-state index contributed by atoms with van der Waals surface area (Å²) in [6, 6.07) is 3.63. The van der Waals surface area contributed by atoms with E-state index in [0.717, 1.165) is 0 Å². The van der Waals surface area contributed by atoms with Crippen LogP contribution in [0.3, 0.4) is 0 Å². The Kier molecular flexibility index (Phi) is 4.19. The van der Waals surface area contributed by atoms with Gasteiger partial charge in [-0.15, -0.1) is 0 Å². The highest BCUT2D eigenvalue weighted by Gasteiger charge is 2.33. The summed E-state index contributed by atoms with van der Waals surface area (Å²) in [4.78, 5) is 24.5. The Morgan fingerprint density at radius 2 is 2.21 bits per heavy atom. The zero-order valence-electron chi connectivity index (χ0n) is 10.1. The average molecular weight is 330 g/mol. The van der Waals surface area contributed by atoms with E-state index < -0.39 is 12.0 Å². The van der Waals surface area contributed by atoms with Crippen molar-refractivity contribution in [1.82, 2.24) is 4.90 Å². The second-order valence-corrected chi connectivity index (χ2v) is 5.36. The smallest absolute Gasteiger partial charge is 0.326 e. The summed E-state index contributed by atoms with van der Waals surface area (Å²) in [6.07, 6.45) is 1.28. The number of hydrogen-bond acceptors (Lipinski definition) is 2. The van der Waals surface area contributed by atoms with E-state index in [2.05, 4.69) is 15.9 Å². The molecule has 1 aliphatic rings. The number of carboxylic acids is 1. The number of benzene rings is 1. The molecule has 0 unspecified atom stereocenters. The second-order valence-electron chi connectivity index (χ2n) is 4.51. The molecule has 0 aromatic heterocycles. The van der Waals surface area contributed by atoms with Crippen molar-refractivity contribution in [3.8, 4) is 0 Å². The van der Waals surface area contributed by atoms with E-state index in [1.807, 2.05) is 0 Å². The zero-order valence-corrected chi connectivity index (χ0v) is 11.7. The molecule has 4 nitrogen and oxygen atoms in total. The van der Waals surface area contributed by atoms with Gasteiger partial charge in [-0.05, 0) is 46.5 Å². The Morgan fingerprint density at radius 1 is 1.47 bits per heavy atom. The van der Waals surface area contributed by atoms with E-state index >= 15 is 0 Å². The van der Waals surface area contributed by atoms with E-state index in [1.54, 1.807) is 6.07 Å². The first-order valence-electron chi connectivity index (χ1n) is 5.95. The summed E-state index contributed by atoms with van der Waals surface area (Å²) in [7, 11) is 0. The van der Waals surface area contributed by atoms with Crippen molar-refractivity contribution in [3.05, 3.63) is 34.1 Å². The number of hydrogen-bond donors (Lipinski definition) is 1. The average Bonchev–Trinajstić information content (AvgIpc) is 2.83. The Morgan fingerprint density at radius 3 is 2.84 bits per heavy atom. The van der Waals surface area contributed by atoms with Crippen LogP contribution in [0.2, 0.25) is 0 Å². The molecule has 1 saturated heterocycles. The van der Waals surface area contributed by atoms with Crippen molar-refractivity contribution >= 4 is 27.8 Å². The second kappa shape index (κ2) is 5.69. The summed E-state index contributed by atoms with van der Waals surface area (Å²) in [6.45, 7) is 0.470. The summed E-state index contributed by atoms with van der Waals surface area (Å²) in [5, 5.41) is 9.03. The molecule has 1 amide bonds. The number of aliphatic carboxylic acids is 1. The Labute approximate surface area is 118 Å². The predicted octanol–water partition coefficient (Wildman–Crippen LogP) is 2.21. The number of carbonyl (C=O) groups excluding carboxylic acids is 1. The van der Waals surface area contributed by atoms with E-state index in [4.69, 9.17) is 5.11 Å². The van der Waals surface area contributed by atoms with E-state index in [9.17, 15) is 14.0 Å².